The fraction of sp³-hybridized carbons (Fsp3) is 0.0417. The SMILES string of the molecule is COc1ccc(-c2c(NC(=O)c3ccc(Cl)cc3)ccc3ccccc23)c(O)c1. The number of carbonyl (C=O) groups is 1. The fourth-order valence-corrected chi connectivity index (χ4v) is 3.44. The molecule has 0 spiro atoms. The normalized spacial score (nSPS) is 10.7. The molecule has 4 aromatic rings. The van der Waals surface area contributed by atoms with E-state index in [0.717, 1.165) is 16.3 Å². The van der Waals surface area contributed by atoms with Gasteiger partial charge in [-0.05, 0) is 53.2 Å². The van der Waals surface area contributed by atoms with Crippen molar-refractivity contribution in [2.75, 3.05) is 12.4 Å². The van der Waals surface area contributed by atoms with Crippen LogP contribution in [0.15, 0.2) is 78.9 Å². The predicted octanol–water partition coefficient (Wildman–Crippen LogP) is 6.13. The third kappa shape index (κ3) is 3.75. The molecule has 5 heteroatoms. The molecule has 0 unspecified atom stereocenters. The lowest BCUT2D eigenvalue weighted by molar-refractivity contribution is 0.102. The zero-order valence-corrected chi connectivity index (χ0v) is 16.4. The maximum atomic E-state index is 12.8. The van der Waals surface area contributed by atoms with Crippen molar-refractivity contribution >= 4 is 34.0 Å². The molecule has 0 radical (unpaired) electrons. The molecule has 144 valence electrons. The van der Waals surface area contributed by atoms with Crippen molar-refractivity contribution in [2.45, 2.75) is 0 Å². The van der Waals surface area contributed by atoms with Gasteiger partial charge in [-0.15, -0.1) is 0 Å². The number of fused-ring (bicyclic) bond motifs is 1. The van der Waals surface area contributed by atoms with Gasteiger partial charge in [0.2, 0.25) is 0 Å². The summed E-state index contributed by atoms with van der Waals surface area (Å²) >= 11 is 5.92. The average molecular weight is 404 g/mol. The van der Waals surface area contributed by atoms with Gasteiger partial charge >= 0.3 is 0 Å². The van der Waals surface area contributed by atoms with E-state index in [1.54, 1.807) is 49.6 Å². The van der Waals surface area contributed by atoms with Gasteiger partial charge in [0.05, 0.1) is 7.11 Å². The van der Waals surface area contributed by atoms with Gasteiger partial charge in [-0.1, -0.05) is 41.9 Å². The summed E-state index contributed by atoms with van der Waals surface area (Å²) in [6, 6.07) is 23.4. The number of nitrogens with one attached hydrogen (secondary N) is 1. The number of ether oxygens (including phenoxy) is 1. The molecule has 0 aliphatic heterocycles. The molecule has 0 heterocycles. The molecule has 0 bridgehead atoms. The number of benzene rings is 4. The first-order valence-corrected chi connectivity index (χ1v) is 9.40. The van der Waals surface area contributed by atoms with Gasteiger partial charge in [0, 0.05) is 33.5 Å². The Morgan fingerprint density at radius 3 is 2.45 bits per heavy atom. The maximum Gasteiger partial charge on any atom is 0.255 e. The van der Waals surface area contributed by atoms with Crippen LogP contribution in [0.3, 0.4) is 0 Å². The van der Waals surface area contributed by atoms with Crippen molar-refractivity contribution in [1.82, 2.24) is 0 Å². The highest BCUT2D eigenvalue weighted by atomic mass is 35.5. The summed E-state index contributed by atoms with van der Waals surface area (Å²) in [5.41, 5.74) is 2.44. The van der Waals surface area contributed by atoms with Crippen molar-refractivity contribution in [1.29, 1.82) is 0 Å². The molecule has 0 saturated carbocycles. The zero-order valence-electron chi connectivity index (χ0n) is 15.6. The number of anilines is 1. The molecule has 0 aliphatic carbocycles. The summed E-state index contributed by atoms with van der Waals surface area (Å²) in [5.74, 6) is 0.368. The van der Waals surface area contributed by atoms with Crippen LogP contribution in [0.2, 0.25) is 5.02 Å². The van der Waals surface area contributed by atoms with Gasteiger partial charge in [-0.25, -0.2) is 0 Å². The minimum absolute atomic E-state index is 0.0719. The van der Waals surface area contributed by atoms with Crippen LogP contribution in [0.4, 0.5) is 5.69 Å². The quantitative estimate of drug-likeness (QED) is 0.431. The van der Waals surface area contributed by atoms with E-state index >= 15 is 0 Å². The number of hydrogen-bond donors (Lipinski definition) is 2. The van der Waals surface area contributed by atoms with E-state index in [-0.39, 0.29) is 11.7 Å². The summed E-state index contributed by atoms with van der Waals surface area (Å²) < 4.78 is 5.20. The molecule has 2 N–H and O–H groups in total. The first-order chi connectivity index (χ1) is 14.1. The largest absolute Gasteiger partial charge is 0.507 e. The number of amides is 1. The molecule has 0 atom stereocenters. The Bertz CT molecular complexity index is 1200. The van der Waals surface area contributed by atoms with Crippen LogP contribution in [0, 0.1) is 0 Å². The highest BCUT2D eigenvalue weighted by Gasteiger charge is 2.16. The molecule has 4 aromatic carbocycles. The van der Waals surface area contributed by atoms with Crippen molar-refractivity contribution in [3.05, 3.63) is 89.4 Å². The highest BCUT2D eigenvalue weighted by molar-refractivity contribution is 6.30. The summed E-state index contributed by atoms with van der Waals surface area (Å²) in [6.45, 7) is 0. The van der Waals surface area contributed by atoms with E-state index in [1.165, 1.54) is 0 Å². The number of aromatic hydroxyl groups is 1. The van der Waals surface area contributed by atoms with Crippen molar-refractivity contribution < 1.29 is 14.6 Å². The summed E-state index contributed by atoms with van der Waals surface area (Å²) in [7, 11) is 1.55. The number of rotatable bonds is 4. The molecular formula is C24H18ClNO3. The summed E-state index contributed by atoms with van der Waals surface area (Å²) in [4.78, 5) is 12.8. The van der Waals surface area contributed by atoms with Gasteiger partial charge in [-0.2, -0.15) is 0 Å². The third-order valence-corrected chi connectivity index (χ3v) is 5.01. The Morgan fingerprint density at radius 1 is 0.966 bits per heavy atom. The monoisotopic (exact) mass is 403 g/mol. The topological polar surface area (TPSA) is 58.6 Å². The van der Waals surface area contributed by atoms with E-state index in [1.807, 2.05) is 36.4 Å². The first kappa shape index (κ1) is 18.8. The molecule has 4 rings (SSSR count). The average Bonchev–Trinajstić information content (AvgIpc) is 2.74. The van der Waals surface area contributed by atoms with E-state index in [4.69, 9.17) is 16.3 Å². The van der Waals surface area contributed by atoms with Gasteiger partial charge in [-0.3, -0.25) is 4.79 Å². The zero-order chi connectivity index (χ0) is 20.4. The molecule has 1 amide bonds. The Hall–Kier alpha value is -3.50. The number of carbonyl (C=O) groups excluding carboxylic acids is 1. The van der Waals surface area contributed by atoms with Crippen LogP contribution >= 0.6 is 11.6 Å². The van der Waals surface area contributed by atoms with Crippen molar-refractivity contribution in [3.63, 3.8) is 0 Å². The van der Waals surface area contributed by atoms with Gasteiger partial charge in [0.15, 0.2) is 0 Å². The molecule has 0 saturated heterocycles. The van der Waals surface area contributed by atoms with Gasteiger partial charge in [0.25, 0.3) is 5.91 Å². The maximum absolute atomic E-state index is 12.8. The second kappa shape index (κ2) is 7.86. The van der Waals surface area contributed by atoms with E-state index in [0.29, 0.717) is 27.6 Å². The van der Waals surface area contributed by atoms with Crippen LogP contribution in [-0.4, -0.2) is 18.1 Å². The molecule has 0 aromatic heterocycles. The lowest BCUT2D eigenvalue weighted by atomic mass is 9.95. The molecule has 0 aliphatic rings. The minimum Gasteiger partial charge on any atom is -0.507 e. The summed E-state index contributed by atoms with van der Waals surface area (Å²) in [6.07, 6.45) is 0. The van der Waals surface area contributed by atoms with Crippen LogP contribution < -0.4 is 10.1 Å². The minimum atomic E-state index is -0.258. The Kier molecular flexibility index (Phi) is 5.10. The fourth-order valence-electron chi connectivity index (χ4n) is 3.31. The van der Waals surface area contributed by atoms with Crippen LogP contribution in [0.5, 0.6) is 11.5 Å². The van der Waals surface area contributed by atoms with E-state index in [2.05, 4.69) is 5.32 Å². The second-order valence-electron chi connectivity index (χ2n) is 6.55. The number of halogens is 1. The lowest BCUT2D eigenvalue weighted by Crippen LogP contribution is -2.12. The number of hydrogen-bond acceptors (Lipinski definition) is 3. The standard InChI is InChI=1S/C24H18ClNO3/c1-29-18-11-12-20(22(27)14-18)23-19-5-3-2-4-15(19)8-13-21(23)26-24(28)16-6-9-17(25)10-7-16/h2-14,27H,1H3,(H,26,28). The van der Waals surface area contributed by atoms with Gasteiger partial charge < -0.3 is 15.2 Å². The molecular weight excluding hydrogens is 386 g/mol. The Labute approximate surface area is 173 Å². The summed E-state index contributed by atoms with van der Waals surface area (Å²) in [5, 5.41) is 16.1. The molecule has 29 heavy (non-hydrogen) atoms. The van der Waals surface area contributed by atoms with Crippen LogP contribution in [-0.2, 0) is 0 Å². The van der Waals surface area contributed by atoms with Gasteiger partial charge in [0.1, 0.15) is 11.5 Å². The second-order valence-corrected chi connectivity index (χ2v) is 6.99. The Morgan fingerprint density at radius 2 is 1.72 bits per heavy atom. The predicted molar refractivity (Wildman–Crippen MR) is 117 cm³/mol. The third-order valence-electron chi connectivity index (χ3n) is 4.76. The highest BCUT2D eigenvalue weighted by Crippen LogP contribution is 2.41. The number of phenolic OH excluding ortho intramolecular Hbond substituents is 1. The smallest absolute Gasteiger partial charge is 0.255 e. The number of methoxy groups -OCH3 is 1. The van der Waals surface area contributed by atoms with Crippen molar-refractivity contribution in [3.8, 4) is 22.6 Å². The van der Waals surface area contributed by atoms with Crippen LogP contribution in [0.1, 0.15) is 10.4 Å². The van der Waals surface area contributed by atoms with Crippen molar-refractivity contribution in [2.24, 2.45) is 0 Å². The van der Waals surface area contributed by atoms with E-state index < -0.39 is 0 Å². The molecule has 0 fully saturated rings. The Balaban J connectivity index is 1.85. The van der Waals surface area contributed by atoms with Crippen LogP contribution in [0.25, 0.3) is 21.9 Å². The molecule has 4 nitrogen and oxygen atoms in total. The first-order valence-electron chi connectivity index (χ1n) is 9.03. The van der Waals surface area contributed by atoms with E-state index in [9.17, 15) is 9.90 Å². The number of phenols is 1. The lowest BCUT2D eigenvalue weighted by Gasteiger charge is -2.16.